The molecule has 23 heavy (non-hydrogen) atoms. The van der Waals surface area contributed by atoms with Crippen LogP contribution in [0.2, 0.25) is 5.02 Å². The predicted octanol–water partition coefficient (Wildman–Crippen LogP) is 5.21. The van der Waals surface area contributed by atoms with Gasteiger partial charge in [-0.2, -0.15) is 0 Å². The standard InChI is InChI=1S/C15H13ClN4S3/c1-2-7-17-14-19-20-15(23-14)22-9-10-8-21-13(18-10)11-5-3-4-6-12(11)16/h2-6,8H,1,7,9H2,(H,17,19). The predicted molar refractivity (Wildman–Crippen MR) is 101 cm³/mol. The molecular weight excluding hydrogens is 368 g/mol. The SMILES string of the molecule is C=CCNc1nnc(SCc2csc(-c3ccccc3Cl)n2)s1. The summed E-state index contributed by atoms with van der Waals surface area (Å²) in [5, 5.41) is 15.9. The zero-order chi connectivity index (χ0) is 16.1. The fraction of sp³-hybridized carbons (Fsp3) is 0.133. The van der Waals surface area contributed by atoms with Gasteiger partial charge in [0.25, 0.3) is 0 Å². The van der Waals surface area contributed by atoms with Crippen molar-refractivity contribution in [1.29, 1.82) is 0 Å². The zero-order valence-electron chi connectivity index (χ0n) is 12.0. The van der Waals surface area contributed by atoms with Gasteiger partial charge in [-0.1, -0.05) is 59.0 Å². The molecule has 118 valence electrons. The molecule has 2 aromatic heterocycles. The van der Waals surface area contributed by atoms with Gasteiger partial charge in [-0.3, -0.25) is 0 Å². The maximum atomic E-state index is 6.22. The van der Waals surface area contributed by atoms with Crippen LogP contribution in [-0.2, 0) is 5.75 Å². The lowest BCUT2D eigenvalue weighted by molar-refractivity contribution is 1.01. The van der Waals surface area contributed by atoms with Crippen LogP contribution in [0, 0.1) is 0 Å². The van der Waals surface area contributed by atoms with E-state index < -0.39 is 0 Å². The number of thioether (sulfide) groups is 1. The van der Waals surface area contributed by atoms with Gasteiger partial charge in [0.2, 0.25) is 5.13 Å². The third-order valence-electron chi connectivity index (χ3n) is 2.80. The molecule has 0 aliphatic carbocycles. The smallest absolute Gasteiger partial charge is 0.206 e. The van der Waals surface area contributed by atoms with Gasteiger partial charge >= 0.3 is 0 Å². The van der Waals surface area contributed by atoms with Gasteiger partial charge in [0.15, 0.2) is 4.34 Å². The van der Waals surface area contributed by atoms with E-state index in [0.29, 0.717) is 6.54 Å². The molecule has 0 aliphatic heterocycles. The molecule has 0 amide bonds. The summed E-state index contributed by atoms with van der Waals surface area (Å²) in [4.78, 5) is 4.65. The molecule has 3 aromatic rings. The Morgan fingerprint density at radius 3 is 3.00 bits per heavy atom. The Morgan fingerprint density at radius 1 is 1.30 bits per heavy atom. The molecule has 1 N–H and O–H groups in total. The highest BCUT2D eigenvalue weighted by molar-refractivity contribution is 8.00. The third-order valence-corrected chi connectivity index (χ3v) is 6.11. The van der Waals surface area contributed by atoms with Crippen molar-refractivity contribution in [3.05, 3.63) is 53.0 Å². The summed E-state index contributed by atoms with van der Waals surface area (Å²) in [5.41, 5.74) is 1.99. The number of aromatic nitrogens is 3. The molecule has 2 heterocycles. The first-order valence-corrected chi connectivity index (χ1v) is 9.82. The molecule has 0 spiro atoms. The Labute approximate surface area is 151 Å². The van der Waals surface area contributed by atoms with E-state index in [9.17, 15) is 0 Å². The highest BCUT2D eigenvalue weighted by Crippen LogP contribution is 2.33. The number of thiazole rings is 1. The number of anilines is 1. The lowest BCUT2D eigenvalue weighted by Gasteiger charge is -1.98. The third kappa shape index (κ3) is 4.32. The normalized spacial score (nSPS) is 10.7. The Bertz CT molecular complexity index is 799. The van der Waals surface area contributed by atoms with Crippen molar-refractivity contribution in [2.75, 3.05) is 11.9 Å². The van der Waals surface area contributed by atoms with Crippen LogP contribution in [0.4, 0.5) is 5.13 Å². The van der Waals surface area contributed by atoms with Crippen LogP contribution in [0.15, 0.2) is 46.6 Å². The van der Waals surface area contributed by atoms with E-state index in [1.165, 1.54) is 11.3 Å². The molecule has 0 aliphatic rings. The van der Waals surface area contributed by atoms with Gasteiger partial charge in [-0.15, -0.1) is 28.1 Å². The summed E-state index contributed by atoms with van der Waals surface area (Å²) in [6.07, 6.45) is 1.79. The average molecular weight is 381 g/mol. The first-order chi connectivity index (χ1) is 11.3. The van der Waals surface area contributed by atoms with E-state index in [1.54, 1.807) is 29.2 Å². The lowest BCUT2D eigenvalue weighted by Crippen LogP contribution is -1.96. The molecule has 3 rings (SSSR count). The molecule has 0 radical (unpaired) electrons. The van der Waals surface area contributed by atoms with E-state index in [4.69, 9.17) is 11.6 Å². The van der Waals surface area contributed by atoms with E-state index in [0.717, 1.165) is 36.5 Å². The fourth-order valence-electron chi connectivity index (χ4n) is 1.77. The minimum atomic E-state index is 0.687. The topological polar surface area (TPSA) is 50.7 Å². The van der Waals surface area contributed by atoms with E-state index in [2.05, 4.69) is 32.5 Å². The van der Waals surface area contributed by atoms with Gasteiger partial charge in [-0.05, 0) is 6.07 Å². The molecule has 0 fully saturated rings. The number of nitrogens with zero attached hydrogens (tertiary/aromatic N) is 3. The molecule has 1 aromatic carbocycles. The summed E-state index contributed by atoms with van der Waals surface area (Å²) < 4.78 is 0.920. The van der Waals surface area contributed by atoms with Crippen LogP contribution in [0.3, 0.4) is 0 Å². The van der Waals surface area contributed by atoms with Crippen molar-refractivity contribution in [2.45, 2.75) is 10.1 Å². The van der Waals surface area contributed by atoms with Crippen LogP contribution in [0.5, 0.6) is 0 Å². The lowest BCUT2D eigenvalue weighted by atomic mass is 10.2. The second-order valence-corrected chi connectivity index (χ2v) is 7.92. The molecule has 0 bridgehead atoms. The molecule has 4 nitrogen and oxygen atoms in total. The molecule has 0 saturated carbocycles. The van der Waals surface area contributed by atoms with Crippen molar-refractivity contribution in [2.24, 2.45) is 0 Å². The van der Waals surface area contributed by atoms with Crippen LogP contribution in [-0.4, -0.2) is 21.7 Å². The van der Waals surface area contributed by atoms with Crippen LogP contribution in [0.1, 0.15) is 5.69 Å². The molecule has 8 heteroatoms. The summed E-state index contributed by atoms with van der Waals surface area (Å²) in [6, 6.07) is 7.76. The van der Waals surface area contributed by atoms with Gasteiger partial charge in [0.1, 0.15) is 5.01 Å². The van der Waals surface area contributed by atoms with Crippen LogP contribution in [0.25, 0.3) is 10.6 Å². The van der Waals surface area contributed by atoms with Crippen molar-refractivity contribution in [3.8, 4) is 10.6 Å². The highest BCUT2D eigenvalue weighted by atomic mass is 35.5. The molecule has 0 saturated heterocycles. The summed E-state index contributed by atoms with van der Waals surface area (Å²) in [6.45, 7) is 4.35. The Kier molecular flexibility index (Phi) is 5.66. The average Bonchev–Trinajstić information content (AvgIpc) is 3.21. The monoisotopic (exact) mass is 380 g/mol. The summed E-state index contributed by atoms with van der Waals surface area (Å²) >= 11 is 11.0. The minimum Gasteiger partial charge on any atom is -0.357 e. The maximum Gasteiger partial charge on any atom is 0.206 e. The van der Waals surface area contributed by atoms with Crippen LogP contribution < -0.4 is 5.32 Å². The Hall–Kier alpha value is -1.41. The van der Waals surface area contributed by atoms with Crippen molar-refractivity contribution in [1.82, 2.24) is 15.2 Å². The van der Waals surface area contributed by atoms with E-state index >= 15 is 0 Å². The number of rotatable bonds is 7. The van der Waals surface area contributed by atoms with Gasteiger partial charge in [0.05, 0.1) is 10.7 Å². The maximum absolute atomic E-state index is 6.22. The Morgan fingerprint density at radius 2 is 2.17 bits per heavy atom. The van der Waals surface area contributed by atoms with Crippen molar-refractivity contribution in [3.63, 3.8) is 0 Å². The van der Waals surface area contributed by atoms with E-state index in [-0.39, 0.29) is 0 Å². The molecule has 0 unspecified atom stereocenters. The van der Waals surface area contributed by atoms with Gasteiger partial charge < -0.3 is 5.32 Å². The number of hydrogen-bond acceptors (Lipinski definition) is 7. The summed E-state index contributed by atoms with van der Waals surface area (Å²) in [7, 11) is 0. The minimum absolute atomic E-state index is 0.687. The Balaban J connectivity index is 1.62. The van der Waals surface area contributed by atoms with Gasteiger partial charge in [-0.25, -0.2) is 4.98 Å². The quantitative estimate of drug-likeness (QED) is 0.450. The zero-order valence-corrected chi connectivity index (χ0v) is 15.2. The van der Waals surface area contributed by atoms with Gasteiger partial charge in [0, 0.05) is 23.2 Å². The first-order valence-electron chi connectivity index (χ1n) is 6.76. The first kappa shape index (κ1) is 16.4. The number of hydrogen-bond donors (Lipinski definition) is 1. The summed E-state index contributed by atoms with van der Waals surface area (Å²) in [5.74, 6) is 0.761. The second kappa shape index (κ2) is 7.92. The van der Waals surface area contributed by atoms with Crippen molar-refractivity contribution >= 4 is 51.2 Å². The number of benzene rings is 1. The number of nitrogens with one attached hydrogen (secondary N) is 1. The largest absolute Gasteiger partial charge is 0.357 e. The molecular formula is C15H13ClN4S3. The second-order valence-electron chi connectivity index (χ2n) is 4.46. The van der Waals surface area contributed by atoms with Crippen LogP contribution >= 0.6 is 46.0 Å². The van der Waals surface area contributed by atoms with E-state index in [1.807, 2.05) is 24.3 Å². The number of halogens is 1. The van der Waals surface area contributed by atoms with Crippen molar-refractivity contribution < 1.29 is 0 Å². The fourth-order valence-corrected chi connectivity index (χ4v) is 4.66. The highest BCUT2D eigenvalue weighted by Gasteiger charge is 2.10. The molecule has 0 atom stereocenters.